The smallest absolute Gasteiger partial charge is 0.227 e. The molecule has 3 aromatic rings. The minimum atomic E-state index is 0.140. The Kier molecular flexibility index (Phi) is 4.60. The largest absolute Gasteiger partial charge is 0.340 e. The molecule has 1 aromatic heterocycles. The topological polar surface area (TPSA) is 20.3 Å². The molecule has 2 nitrogen and oxygen atoms in total. The molecule has 22 heavy (non-hydrogen) atoms. The molecule has 1 heterocycles. The lowest BCUT2D eigenvalue weighted by atomic mass is 10.0. The highest BCUT2D eigenvalue weighted by Gasteiger charge is 2.12. The van der Waals surface area contributed by atoms with E-state index in [1.807, 2.05) is 37.4 Å². The summed E-state index contributed by atoms with van der Waals surface area (Å²) in [5, 5.41) is 2.34. The monoisotopic (exact) mass is 373 g/mol. The molecular weight excluding hydrogens is 358 g/mol. The normalized spacial score (nSPS) is 10.8. The van der Waals surface area contributed by atoms with E-state index in [1.165, 1.54) is 10.3 Å². The number of fused-ring (bicyclic) bond motifs is 1. The second-order valence-corrected chi connectivity index (χ2v) is 7.82. The van der Waals surface area contributed by atoms with E-state index in [0.29, 0.717) is 13.0 Å². The average Bonchev–Trinajstić information content (AvgIpc) is 2.92. The Morgan fingerprint density at radius 2 is 1.86 bits per heavy atom. The van der Waals surface area contributed by atoms with Gasteiger partial charge in [0.25, 0.3) is 0 Å². The zero-order valence-electron chi connectivity index (χ0n) is 12.3. The van der Waals surface area contributed by atoms with Gasteiger partial charge in [-0.25, -0.2) is 0 Å². The Morgan fingerprint density at radius 3 is 2.64 bits per heavy atom. The van der Waals surface area contributed by atoms with Gasteiger partial charge >= 0.3 is 0 Å². The van der Waals surface area contributed by atoms with Crippen LogP contribution in [0.4, 0.5) is 0 Å². The van der Waals surface area contributed by atoms with Crippen LogP contribution in [-0.4, -0.2) is 17.9 Å². The Bertz CT molecular complexity index is 806. The second kappa shape index (κ2) is 6.63. The molecule has 0 saturated heterocycles. The third kappa shape index (κ3) is 3.39. The quantitative estimate of drug-likeness (QED) is 0.638. The van der Waals surface area contributed by atoms with Crippen molar-refractivity contribution in [3.63, 3.8) is 0 Å². The van der Waals surface area contributed by atoms with Crippen LogP contribution in [0.3, 0.4) is 0 Å². The van der Waals surface area contributed by atoms with E-state index in [2.05, 4.69) is 40.2 Å². The Labute approximate surface area is 142 Å². The van der Waals surface area contributed by atoms with Gasteiger partial charge in [0.2, 0.25) is 5.91 Å². The summed E-state index contributed by atoms with van der Waals surface area (Å²) in [6, 6.07) is 18.4. The van der Waals surface area contributed by atoms with Crippen molar-refractivity contribution in [1.29, 1.82) is 0 Å². The van der Waals surface area contributed by atoms with Gasteiger partial charge in [0.1, 0.15) is 0 Å². The molecule has 0 saturated carbocycles. The van der Waals surface area contributed by atoms with Crippen molar-refractivity contribution in [3.8, 4) is 0 Å². The summed E-state index contributed by atoms with van der Waals surface area (Å²) in [7, 11) is 1.86. The first kappa shape index (κ1) is 15.3. The fourth-order valence-electron chi connectivity index (χ4n) is 2.50. The van der Waals surface area contributed by atoms with E-state index >= 15 is 0 Å². The highest BCUT2D eigenvalue weighted by atomic mass is 79.9. The number of carbonyl (C=O) groups excluding carboxylic acids is 1. The predicted octanol–water partition coefficient (Wildman–Crippen LogP) is 4.86. The van der Waals surface area contributed by atoms with E-state index in [4.69, 9.17) is 0 Å². The van der Waals surface area contributed by atoms with Crippen LogP contribution < -0.4 is 0 Å². The molecule has 0 radical (unpaired) electrons. The minimum absolute atomic E-state index is 0.140. The van der Waals surface area contributed by atoms with Gasteiger partial charge in [0.05, 0.1) is 16.8 Å². The van der Waals surface area contributed by atoms with Crippen LogP contribution in [0.2, 0.25) is 0 Å². The molecule has 0 unspecified atom stereocenters. The fraction of sp³-hybridized carbons (Fsp3) is 0.167. The van der Waals surface area contributed by atoms with E-state index in [-0.39, 0.29) is 5.91 Å². The summed E-state index contributed by atoms with van der Waals surface area (Å²) in [4.78, 5) is 15.5. The SMILES string of the molecule is CN(Cc1ccc(Br)s1)C(=O)Cc1cccc2ccccc12. The molecule has 4 heteroatoms. The molecule has 1 amide bonds. The molecule has 0 aliphatic rings. The number of hydrogen-bond donors (Lipinski definition) is 0. The molecule has 112 valence electrons. The standard InChI is InChI=1S/C18H16BrNOS/c1-20(12-15-9-10-17(19)22-15)18(21)11-14-7-4-6-13-5-2-3-8-16(13)14/h2-10H,11-12H2,1H3. The number of benzene rings is 2. The van der Waals surface area contributed by atoms with Gasteiger partial charge in [-0.15, -0.1) is 11.3 Å². The van der Waals surface area contributed by atoms with Crippen molar-refractivity contribution in [2.24, 2.45) is 0 Å². The summed E-state index contributed by atoms with van der Waals surface area (Å²) in [6.45, 7) is 0.653. The fourth-order valence-corrected chi connectivity index (χ4v) is 4.04. The maximum absolute atomic E-state index is 12.5. The number of hydrogen-bond acceptors (Lipinski definition) is 2. The molecule has 2 aromatic carbocycles. The van der Waals surface area contributed by atoms with Crippen molar-refractivity contribution in [2.75, 3.05) is 7.05 Å². The maximum atomic E-state index is 12.5. The molecule has 0 fully saturated rings. The highest BCUT2D eigenvalue weighted by Crippen LogP contribution is 2.24. The van der Waals surface area contributed by atoms with Crippen LogP contribution in [0.25, 0.3) is 10.8 Å². The van der Waals surface area contributed by atoms with Crippen LogP contribution >= 0.6 is 27.3 Å². The number of halogens is 1. The zero-order valence-corrected chi connectivity index (χ0v) is 14.7. The van der Waals surface area contributed by atoms with Crippen molar-refractivity contribution < 1.29 is 4.79 Å². The molecule has 0 N–H and O–H groups in total. The number of carbonyl (C=O) groups is 1. The highest BCUT2D eigenvalue weighted by molar-refractivity contribution is 9.11. The van der Waals surface area contributed by atoms with Crippen LogP contribution in [0.15, 0.2) is 58.4 Å². The Morgan fingerprint density at radius 1 is 1.09 bits per heavy atom. The minimum Gasteiger partial charge on any atom is -0.340 e. The van der Waals surface area contributed by atoms with Crippen molar-refractivity contribution in [2.45, 2.75) is 13.0 Å². The number of rotatable bonds is 4. The van der Waals surface area contributed by atoms with Gasteiger partial charge in [-0.2, -0.15) is 0 Å². The van der Waals surface area contributed by atoms with Crippen molar-refractivity contribution in [3.05, 3.63) is 68.8 Å². The van der Waals surface area contributed by atoms with Crippen molar-refractivity contribution in [1.82, 2.24) is 4.90 Å². The van der Waals surface area contributed by atoms with Gasteiger partial charge in [0.15, 0.2) is 0 Å². The lowest BCUT2D eigenvalue weighted by Gasteiger charge is -2.17. The van der Waals surface area contributed by atoms with Crippen LogP contribution in [-0.2, 0) is 17.8 Å². The van der Waals surface area contributed by atoms with Gasteiger partial charge in [-0.1, -0.05) is 42.5 Å². The molecule has 0 bridgehead atoms. The first-order valence-electron chi connectivity index (χ1n) is 7.08. The molecular formula is C18H16BrNOS. The summed E-state index contributed by atoms with van der Waals surface area (Å²) in [5.41, 5.74) is 1.09. The zero-order chi connectivity index (χ0) is 15.5. The summed E-state index contributed by atoms with van der Waals surface area (Å²) < 4.78 is 1.09. The average molecular weight is 374 g/mol. The molecule has 3 rings (SSSR count). The molecule has 0 atom stereocenters. The van der Waals surface area contributed by atoms with E-state index in [0.717, 1.165) is 14.7 Å². The maximum Gasteiger partial charge on any atom is 0.227 e. The molecule has 0 aliphatic carbocycles. The Balaban J connectivity index is 1.75. The number of nitrogens with zero attached hydrogens (tertiary/aromatic N) is 1. The predicted molar refractivity (Wildman–Crippen MR) is 96.1 cm³/mol. The first-order chi connectivity index (χ1) is 10.6. The van der Waals surface area contributed by atoms with E-state index in [9.17, 15) is 4.79 Å². The summed E-state index contributed by atoms with van der Waals surface area (Å²) >= 11 is 5.12. The van der Waals surface area contributed by atoms with Crippen LogP contribution in [0.5, 0.6) is 0 Å². The summed E-state index contributed by atoms with van der Waals surface area (Å²) in [5.74, 6) is 0.140. The lowest BCUT2D eigenvalue weighted by Crippen LogP contribution is -2.27. The third-order valence-corrected chi connectivity index (χ3v) is 5.28. The lowest BCUT2D eigenvalue weighted by molar-refractivity contribution is -0.129. The van der Waals surface area contributed by atoms with Crippen LogP contribution in [0, 0.1) is 0 Å². The van der Waals surface area contributed by atoms with Gasteiger partial charge < -0.3 is 4.90 Å². The van der Waals surface area contributed by atoms with Crippen molar-refractivity contribution >= 4 is 43.9 Å². The molecule has 0 spiro atoms. The van der Waals surface area contributed by atoms with E-state index in [1.54, 1.807) is 16.2 Å². The van der Waals surface area contributed by atoms with Gasteiger partial charge in [-0.05, 0) is 44.4 Å². The molecule has 0 aliphatic heterocycles. The summed E-state index contributed by atoms with van der Waals surface area (Å²) in [6.07, 6.45) is 0.435. The van der Waals surface area contributed by atoms with Gasteiger partial charge in [0, 0.05) is 11.9 Å². The first-order valence-corrected chi connectivity index (χ1v) is 8.69. The third-order valence-electron chi connectivity index (χ3n) is 3.67. The van der Waals surface area contributed by atoms with Gasteiger partial charge in [-0.3, -0.25) is 4.79 Å². The number of thiophene rings is 1. The number of likely N-dealkylation sites (N-methyl/N-ethyl adjacent to an activating group) is 1. The second-order valence-electron chi connectivity index (χ2n) is 5.27. The number of amides is 1. The van der Waals surface area contributed by atoms with Crippen LogP contribution in [0.1, 0.15) is 10.4 Å². The Hall–Kier alpha value is -1.65. The van der Waals surface area contributed by atoms with E-state index < -0.39 is 0 Å².